The summed E-state index contributed by atoms with van der Waals surface area (Å²) in [7, 11) is -3.59. The number of amides is 1. The van der Waals surface area contributed by atoms with E-state index in [1.807, 2.05) is 5.32 Å². The number of alkyl halides is 3. The van der Waals surface area contributed by atoms with Gasteiger partial charge in [-0.25, -0.2) is 13.2 Å². The van der Waals surface area contributed by atoms with Crippen LogP contribution in [0, 0.1) is 0 Å². The lowest BCUT2D eigenvalue weighted by atomic mass is 10.3. The molecule has 0 atom stereocenters. The second-order valence-corrected chi connectivity index (χ2v) is 5.48. The van der Waals surface area contributed by atoms with Gasteiger partial charge in [0, 0.05) is 0 Å². The summed E-state index contributed by atoms with van der Waals surface area (Å²) >= 11 is 0. The summed E-state index contributed by atoms with van der Waals surface area (Å²) in [5, 5.41) is 2.02. The Morgan fingerprint density at radius 3 is 2.30 bits per heavy atom. The van der Waals surface area contributed by atoms with Crippen molar-refractivity contribution in [3.05, 3.63) is 24.3 Å². The van der Waals surface area contributed by atoms with Crippen LogP contribution in [0.1, 0.15) is 0 Å². The predicted molar refractivity (Wildman–Crippen MR) is 65.9 cm³/mol. The van der Waals surface area contributed by atoms with E-state index in [2.05, 4.69) is 9.46 Å². The summed E-state index contributed by atoms with van der Waals surface area (Å²) in [5.74, 6) is 0. The van der Waals surface area contributed by atoms with Crippen LogP contribution in [-0.2, 0) is 14.8 Å². The van der Waals surface area contributed by atoms with Gasteiger partial charge >= 0.3 is 12.3 Å². The number of hydrogen-bond acceptors (Lipinski definition) is 4. The maximum absolute atomic E-state index is 11.9. The zero-order chi connectivity index (χ0) is 15.4. The minimum atomic E-state index is -4.64. The topological polar surface area (TPSA) is 84.5 Å². The first-order valence-corrected chi connectivity index (χ1v) is 7.03. The van der Waals surface area contributed by atoms with Gasteiger partial charge < -0.3 is 4.74 Å². The molecule has 0 heterocycles. The molecule has 0 bridgehead atoms. The fraction of sp³-hybridized carbons (Fsp3) is 0.300. The molecule has 2 N–H and O–H groups in total. The molecule has 0 aliphatic carbocycles. The molecule has 1 aromatic rings. The molecule has 0 spiro atoms. The molecule has 0 unspecified atom stereocenters. The summed E-state index contributed by atoms with van der Waals surface area (Å²) in [6.07, 6.45) is -5.08. The standard InChI is InChI=1S/C10H11F3N2O4S/c1-20(17,18)15-8-5-3-2-4-7(8)14-9(16)19-6-10(11,12)13/h2-5,15H,6H2,1H3,(H,14,16). The number of carbonyl (C=O) groups excluding carboxylic acids is 1. The van der Waals surface area contributed by atoms with Crippen molar-refractivity contribution in [2.45, 2.75) is 6.18 Å². The summed E-state index contributed by atoms with van der Waals surface area (Å²) in [6, 6.07) is 5.59. The highest BCUT2D eigenvalue weighted by Gasteiger charge is 2.29. The second kappa shape index (κ2) is 5.99. The van der Waals surface area contributed by atoms with Gasteiger partial charge in [-0.1, -0.05) is 12.1 Å². The van der Waals surface area contributed by atoms with Crippen LogP contribution in [0.25, 0.3) is 0 Å². The molecule has 1 aromatic carbocycles. The maximum Gasteiger partial charge on any atom is 0.422 e. The Bertz CT molecular complexity index is 586. The third kappa shape index (κ3) is 6.27. The molecule has 1 amide bonds. The zero-order valence-electron chi connectivity index (χ0n) is 10.2. The number of nitrogens with one attached hydrogen (secondary N) is 2. The Balaban J connectivity index is 2.75. The molecule has 10 heteroatoms. The first kappa shape index (κ1) is 16.1. The number of hydrogen-bond donors (Lipinski definition) is 2. The average molecular weight is 312 g/mol. The normalized spacial score (nSPS) is 11.8. The quantitative estimate of drug-likeness (QED) is 0.892. The Kier molecular flexibility index (Phi) is 4.82. The molecule has 0 aliphatic heterocycles. The zero-order valence-corrected chi connectivity index (χ0v) is 11.0. The van der Waals surface area contributed by atoms with E-state index in [-0.39, 0.29) is 11.4 Å². The third-order valence-electron chi connectivity index (χ3n) is 1.83. The highest BCUT2D eigenvalue weighted by atomic mass is 32.2. The molecule has 0 aliphatic rings. The van der Waals surface area contributed by atoms with Crippen molar-refractivity contribution < 1.29 is 31.1 Å². The van der Waals surface area contributed by atoms with Crippen molar-refractivity contribution in [1.82, 2.24) is 0 Å². The first-order chi connectivity index (χ1) is 9.07. The molecule has 0 aromatic heterocycles. The first-order valence-electron chi connectivity index (χ1n) is 5.14. The van der Waals surface area contributed by atoms with Crippen molar-refractivity contribution in [2.24, 2.45) is 0 Å². The molecule has 0 saturated heterocycles. The molecular formula is C10H11F3N2O4S. The molecule has 0 fully saturated rings. The fourth-order valence-electron chi connectivity index (χ4n) is 1.17. The van der Waals surface area contributed by atoms with Crippen LogP contribution in [-0.4, -0.2) is 33.5 Å². The van der Waals surface area contributed by atoms with E-state index in [1.54, 1.807) is 0 Å². The lowest BCUT2D eigenvalue weighted by molar-refractivity contribution is -0.159. The van der Waals surface area contributed by atoms with Crippen LogP contribution < -0.4 is 10.0 Å². The second-order valence-electron chi connectivity index (χ2n) is 3.74. The van der Waals surface area contributed by atoms with E-state index in [9.17, 15) is 26.4 Å². The Hall–Kier alpha value is -1.97. The summed E-state index contributed by atoms with van der Waals surface area (Å²) in [6.45, 7) is -1.74. The molecule has 20 heavy (non-hydrogen) atoms. The summed E-state index contributed by atoms with van der Waals surface area (Å²) in [4.78, 5) is 11.2. The lowest BCUT2D eigenvalue weighted by Gasteiger charge is -2.12. The lowest BCUT2D eigenvalue weighted by Crippen LogP contribution is -2.24. The highest BCUT2D eigenvalue weighted by Crippen LogP contribution is 2.22. The number of ether oxygens (including phenoxy) is 1. The average Bonchev–Trinajstić information content (AvgIpc) is 2.26. The predicted octanol–water partition coefficient (Wildman–Crippen LogP) is 2.17. The minimum Gasteiger partial charge on any atom is -0.440 e. The largest absolute Gasteiger partial charge is 0.440 e. The van der Waals surface area contributed by atoms with Crippen LogP contribution in [0.2, 0.25) is 0 Å². The molecule has 0 radical (unpaired) electrons. The Labute approximate surface area is 113 Å². The van der Waals surface area contributed by atoms with Crippen LogP contribution in [0.3, 0.4) is 0 Å². The van der Waals surface area contributed by atoms with Crippen molar-refractivity contribution in [2.75, 3.05) is 22.9 Å². The van der Waals surface area contributed by atoms with Crippen LogP contribution in [0.15, 0.2) is 24.3 Å². The van der Waals surface area contributed by atoms with Gasteiger partial charge in [-0.3, -0.25) is 10.0 Å². The SMILES string of the molecule is CS(=O)(=O)Nc1ccccc1NC(=O)OCC(F)(F)F. The van der Waals surface area contributed by atoms with E-state index in [4.69, 9.17) is 0 Å². The van der Waals surface area contributed by atoms with Gasteiger partial charge in [-0.2, -0.15) is 13.2 Å². The van der Waals surface area contributed by atoms with Crippen LogP contribution in [0.5, 0.6) is 0 Å². The molecule has 0 saturated carbocycles. The van der Waals surface area contributed by atoms with Crippen molar-refractivity contribution in [1.29, 1.82) is 0 Å². The van der Waals surface area contributed by atoms with Crippen molar-refractivity contribution in [3.8, 4) is 0 Å². The van der Waals surface area contributed by atoms with Gasteiger partial charge in [0.25, 0.3) is 0 Å². The van der Waals surface area contributed by atoms with E-state index in [0.717, 1.165) is 6.26 Å². The molecular weight excluding hydrogens is 301 g/mol. The summed E-state index contributed by atoms with van der Waals surface area (Å²) < 4.78 is 63.8. The van der Waals surface area contributed by atoms with Gasteiger partial charge in [0.2, 0.25) is 10.0 Å². The smallest absolute Gasteiger partial charge is 0.422 e. The number of para-hydroxylation sites is 2. The van der Waals surface area contributed by atoms with Crippen LogP contribution >= 0.6 is 0 Å². The molecule has 1 rings (SSSR count). The van der Waals surface area contributed by atoms with E-state index >= 15 is 0 Å². The number of halogens is 3. The maximum atomic E-state index is 11.9. The van der Waals surface area contributed by atoms with Gasteiger partial charge in [0.1, 0.15) is 0 Å². The minimum absolute atomic E-state index is 0.0129. The Morgan fingerprint density at radius 2 is 1.80 bits per heavy atom. The van der Waals surface area contributed by atoms with Gasteiger partial charge in [-0.15, -0.1) is 0 Å². The van der Waals surface area contributed by atoms with Crippen molar-refractivity contribution >= 4 is 27.5 Å². The number of anilines is 2. The van der Waals surface area contributed by atoms with Gasteiger partial charge in [-0.05, 0) is 12.1 Å². The summed E-state index contributed by atoms with van der Waals surface area (Å²) in [5.41, 5.74) is -0.0101. The monoisotopic (exact) mass is 312 g/mol. The van der Waals surface area contributed by atoms with Gasteiger partial charge in [0.05, 0.1) is 17.6 Å². The van der Waals surface area contributed by atoms with Crippen molar-refractivity contribution in [3.63, 3.8) is 0 Å². The number of benzene rings is 1. The fourth-order valence-corrected chi connectivity index (χ4v) is 1.75. The molecule has 6 nitrogen and oxygen atoms in total. The number of rotatable bonds is 4. The van der Waals surface area contributed by atoms with Crippen LogP contribution in [0.4, 0.5) is 29.3 Å². The third-order valence-corrected chi connectivity index (χ3v) is 2.42. The Morgan fingerprint density at radius 1 is 1.25 bits per heavy atom. The van der Waals surface area contributed by atoms with E-state index < -0.39 is 28.9 Å². The molecule has 112 valence electrons. The van der Waals surface area contributed by atoms with E-state index in [1.165, 1.54) is 24.3 Å². The highest BCUT2D eigenvalue weighted by molar-refractivity contribution is 7.92. The van der Waals surface area contributed by atoms with E-state index in [0.29, 0.717) is 0 Å². The van der Waals surface area contributed by atoms with Gasteiger partial charge in [0.15, 0.2) is 6.61 Å². The number of sulfonamides is 1. The number of carbonyl (C=O) groups is 1.